The molecule has 1 unspecified atom stereocenters. The zero-order chi connectivity index (χ0) is 15.6. The van der Waals surface area contributed by atoms with Crippen molar-refractivity contribution >= 4 is 23.8 Å². The van der Waals surface area contributed by atoms with E-state index in [4.69, 9.17) is 0 Å². The SMILES string of the molecule is CN1CC(=O)N(CC(=O)N2CCCCCC2C(=O)O)C1=O. The van der Waals surface area contributed by atoms with Crippen molar-refractivity contribution in [2.45, 2.75) is 31.7 Å². The van der Waals surface area contributed by atoms with Crippen LogP contribution in [0.4, 0.5) is 4.79 Å². The first-order chi connectivity index (χ1) is 9.91. The number of carbonyl (C=O) groups is 4. The molecule has 2 saturated heterocycles. The molecule has 0 aromatic rings. The zero-order valence-corrected chi connectivity index (χ0v) is 11.9. The highest BCUT2D eigenvalue weighted by molar-refractivity contribution is 6.04. The van der Waals surface area contributed by atoms with Crippen LogP contribution in [0.1, 0.15) is 25.7 Å². The number of hydrogen-bond acceptors (Lipinski definition) is 4. The Balaban J connectivity index is 2.08. The number of nitrogens with zero attached hydrogens (tertiary/aromatic N) is 3. The van der Waals surface area contributed by atoms with Gasteiger partial charge in [-0.1, -0.05) is 12.8 Å². The molecule has 8 nitrogen and oxygen atoms in total. The van der Waals surface area contributed by atoms with Crippen molar-refractivity contribution in [1.29, 1.82) is 0 Å². The average Bonchev–Trinajstić information content (AvgIpc) is 2.65. The lowest BCUT2D eigenvalue weighted by Gasteiger charge is -2.28. The summed E-state index contributed by atoms with van der Waals surface area (Å²) in [6, 6.07) is -1.39. The monoisotopic (exact) mass is 297 g/mol. The highest BCUT2D eigenvalue weighted by Crippen LogP contribution is 2.18. The van der Waals surface area contributed by atoms with Crippen LogP contribution in [-0.2, 0) is 14.4 Å². The van der Waals surface area contributed by atoms with E-state index in [9.17, 15) is 24.3 Å². The maximum Gasteiger partial charge on any atom is 0.327 e. The molecule has 2 fully saturated rings. The lowest BCUT2D eigenvalue weighted by atomic mass is 10.1. The van der Waals surface area contributed by atoms with Gasteiger partial charge in [0, 0.05) is 13.6 Å². The summed E-state index contributed by atoms with van der Waals surface area (Å²) in [5.74, 6) is -1.96. The van der Waals surface area contributed by atoms with E-state index in [-0.39, 0.29) is 13.1 Å². The van der Waals surface area contributed by atoms with Crippen LogP contribution in [0.3, 0.4) is 0 Å². The van der Waals surface area contributed by atoms with Gasteiger partial charge in [0.15, 0.2) is 0 Å². The maximum absolute atomic E-state index is 12.3. The summed E-state index contributed by atoms with van der Waals surface area (Å²) in [4.78, 5) is 50.4. The summed E-state index contributed by atoms with van der Waals surface area (Å²) in [5, 5.41) is 9.24. The molecule has 116 valence electrons. The van der Waals surface area contributed by atoms with E-state index in [2.05, 4.69) is 0 Å². The average molecular weight is 297 g/mol. The van der Waals surface area contributed by atoms with Gasteiger partial charge in [0.05, 0.1) is 0 Å². The van der Waals surface area contributed by atoms with Crippen LogP contribution in [0.15, 0.2) is 0 Å². The number of rotatable bonds is 3. The molecule has 1 atom stereocenters. The summed E-state index contributed by atoms with van der Waals surface area (Å²) < 4.78 is 0. The number of carbonyl (C=O) groups excluding carboxylic acids is 3. The van der Waals surface area contributed by atoms with E-state index < -0.39 is 29.9 Å². The van der Waals surface area contributed by atoms with Crippen molar-refractivity contribution < 1.29 is 24.3 Å². The number of likely N-dealkylation sites (N-methyl/N-ethyl adjacent to an activating group) is 1. The molecule has 0 aromatic carbocycles. The number of imide groups is 1. The Morgan fingerprint density at radius 1 is 1.24 bits per heavy atom. The van der Waals surface area contributed by atoms with E-state index in [1.807, 2.05) is 0 Å². The molecule has 21 heavy (non-hydrogen) atoms. The molecule has 2 aliphatic rings. The van der Waals surface area contributed by atoms with E-state index in [1.54, 1.807) is 0 Å². The molecule has 1 N–H and O–H groups in total. The largest absolute Gasteiger partial charge is 0.480 e. The number of carboxylic acids is 1. The molecule has 4 amide bonds. The van der Waals surface area contributed by atoms with Crippen molar-refractivity contribution in [1.82, 2.24) is 14.7 Å². The highest BCUT2D eigenvalue weighted by atomic mass is 16.4. The molecule has 0 spiro atoms. The van der Waals surface area contributed by atoms with Crippen molar-refractivity contribution in [3.63, 3.8) is 0 Å². The van der Waals surface area contributed by atoms with Crippen molar-refractivity contribution in [3.8, 4) is 0 Å². The second-order valence-corrected chi connectivity index (χ2v) is 5.41. The quantitative estimate of drug-likeness (QED) is 0.723. The third-order valence-corrected chi connectivity index (χ3v) is 3.88. The van der Waals surface area contributed by atoms with Gasteiger partial charge >= 0.3 is 12.0 Å². The maximum atomic E-state index is 12.3. The number of amides is 4. The van der Waals surface area contributed by atoms with Crippen LogP contribution in [0.2, 0.25) is 0 Å². The van der Waals surface area contributed by atoms with Crippen LogP contribution in [0.25, 0.3) is 0 Å². The Kier molecular flexibility index (Phi) is 4.44. The minimum Gasteiger partial charge on any atom is -0.480 e. The molecule has 0 aromatic heterocycles. The summed E-state index contributed by atoms with van der Waals surface area (Å²) in [7, 11) is 1.48. The van der Waals surface area contributed by atoms with Crippen LogP contribution in [0, 0.1) is 0 Å². The smallest absolute Gasteiger partial charge is 0.327 e. The number of aliphatic carboxylic acids is 1. The summed E-state index contributed by atoms with van der Waals surface area (Å²) in [5.41, 5.74) is 0. The Bertz CT molecular complexity index is 478. The van der Waals surface area contributed by atoms with E-state index in [1.165, 1.54) is 16.8 Å². The number of hydrogen-bond donors (Lipinski definition) is 1. The molecule has 2 heterocycles. The van der Waals surface area contributed by atoms with E-state index >= 15 is 0 Å². The first kappa shape index (κ1) is 15.3. The lowest BCUT2D eigenvalue weighted by molar-refractivity contribution is -0.150. The molecule has 2 rings (SSSR count). The molecule has 8 heteroatoms. The molecular weight excluding hydrogens is 278 g/mol. The summed E-state index contributed by atoms with van der Waals surface area (Å²) in [6.45, 7) is -0.0812. The number of carboxylic acid groups (broad SMARTS) is 1. The minimum absolute atomic E-state index is 0.0472. The van der Waals surface area contributed by atoms with Gasteiger partial charge in [0.2, 0.25) is 5.91 Å². The lowest BCUT2D eigenvalue weighted by Crippen LogP contribution is -2.49. The molecule has 2 aliphatic heterocycles. The second-order valence-electron chi connectivity index (χ2n) is 5.41. The van der Waals surface area contributed by atoms with Crippen molar-refractivity contribution in [2.75, 3.05) is 26.7 Å². The fourth-order valence-electron chi connectivity index (χ4n) is 2.71. The predicted octanol–water partition coefficient (Wildman–Crippen LogP) is -0.264. The van der Waals surface area contributed by atoms with Gasteiger partial charge in [-0.15, -0.1) is 0 Å². The van der Waals surface area contributed by atoms with Crippen LogP contribution < -0.4 is 0 Å². The van der Waals surface area contributed by atoms with Gasteiger partial charge in [-0.2, -0.15) is 0 Å². The van der Waals surface area contributed by atoms with Crippen LogP contribution in [0.5, 0.6) is 0 Å². The van der Waals surface area contributed by atoms with Gasteiger partial charge in [-0.05, 0) is 12.8 Å². The third-order valence-electron chi connectivity index (χ3n) is 3.88. The second kappa shape index (κ2) is 6.11. The topological polar surface area (TPSA) is 98.2 Å². The standard InChI is InChI=1S/C13H19N3O5/c1-14-7-10(17)16(13(14)21)8-11(18)15-6-4-2-3-5-9(15)12(19)20/h9H,2-8H2,1H3,(H,19,20). The highest BCUT2D eigenvalue weighted by Gasteiger charge is 2.38. The summed E-state index contributed by atoms with van der Waals surface area (Å²) >= 11 is 0. The van der Waals surface area contributed by atoms with Crippen molar-refractivity contribution in [2.24, 2.45) is 0 Å². The zero-order valence-electron chi connectivity index (χ0n) is 11.9. The van der Waals surface area contributed by atoms with E-state index in [0.717, 1.165) is 24.2 Å². The fourth-order valence-corrected chi connectivity index (χ4v) is 2.71. The first-order valence-electron chi connectivity index (χ1n) is 6.99. The normalized spacial score (nSPS) is 23.5. The van der Waals surface area contributed by atoms with Gasteiger partial charge in [0.25, 0.3) is 5.91 Å². The fraction of sp³-hybridized carbons (Fsp3) is 0.692. The summed E-state index contributed by atoms with van der Waals surface area (Å²) in [6.07, 6.45) is 2.77. The Morgan fingerprint density at radius 2 is 1.95 bits per heavy atom. The molecular formula is C13H19N3O5. The van der Waals surface area contributed by atoms with Gasteiger partial charge in [-0.25, -0.2) is 9.59 Å². The number of likely N-dealkylation sites (tertiary alicyclic amines) is 1. The molecule has 0 saturated carbocycles. The first-order valence-corrected chi connectivity index (χ1v) is 6.99. The predicted molar refractivity (Wildman–Crippen MR) is 71.3 cm³/mol. The Hall–Kier alpha value is -2.12. The molecule has 0 aliphatic carbocycles. The van der Waals surface area contributed by atoms with Gasteiger partial charge in [0.1, 0.15) is 19.1 Å². The van der Waals surface area contributed by atoms with Crippen LogP contribution in [-0.4, -0.2) is 76.3 Å². The minimum atomic E-state index is -1.04. The Morgan fingerprint density at radius 3 is 2.52 bits per heavy atom. The van der Waals surface area contributed by atoms with Gasteiger partial charge < -0.3 is 14.9 Å². The van der Waals surface area contributed by atoms with Gasteiger partial charge in [-0.3, -0.25) is 14.5 Å². The van der Waals surface area contributed by atoms with E-state index in [0.29, 0.717) is 13.0 Å². The molecule has 0 radical (unpaired) electrons. The molecule has 0 bridgehead atoms. The van der Waals surface area contributed by atoms with Crippen LogP contribution >= 0.6 is 0 Å². The number of urea groups is 1. The van der Waals surface area contributed by atoms with Crippen molar-refractivity contribution in [3.05, 3.63) is 0 Å². The Labute approximate surface area is 122 Å². The third kappa shape index (κ3) is 3.14.